The predicted octanol–water partition coefficient (Wildman–Crippen LogP) is 2.04. The molecule has 0 spiro atoms. The smallest absolute Gasteiger partial charge is 0.504 e. The Morgan fingerprint density at radius 3 is 2.55 bits per heavy atom. The van der Waals surface area contributed by atoms with Crippen molar-refractivity contribution in [2.45, 2.75) is 56.8 Å². The summed E-state index contributed by atoms with van der Waals surface area (Å²) >= 11 is 5.26. The monoisotopic (exact) mass is 840 g/mol. The summed E-state index contributed by atoms with van der Waals surface area (Å²) in [5.74, 6) is -4.79. The lowest BCUT2D eigenvalue weighted by atomic mass is 10.0. The Labute approximate surface area is 317 Å². The fraction of sp³-hybridized carbons (Fsp3) is 0.419. The van der Waals surface area contributed by atoms with Crippen LogP contribution in [0.2, 0.25) is 0 Å². The number of β-lactam (4-membered cyclic amide) rings is 1. The van der Waals surface area contributed by atoms with E-state index in [0.717, 1.165) is 22.3 Å². The van der Waals surface area contributed by atoms with Crippen LogP contribution in [0.3, 0.4) is 0 Å². The van der Waals surface area contributed by atoms with Crippen molar-refractivity contribution in [1.29, 1.82) is 0 Å². The van der Waals surface area contributed by atoms with Crippen LogP contribution in [0.25, 0.3) is 0 Å². The van der Waals surface area contributed by atoms with Crippen molar-refractivity contribution >= 4 is 86.1 Å². The number of carboxylic acid groups (broad SMARTS) is 2. The third-order valence-electron chi connectivity index (χ3n) is 8.97. The maximum Gasteiger partial charge on any atom is 0.512 e. The van der Waals surface area contributed by atoms with Crippen molar-refractivity contribution in [1.82, 2.24) is 20.1 Å². The summed E-state index contributed by atoms with van der Waals surface area (Å²) in [7, 11) is 0. The zero-order valence-corrected chi connectivity index (χ0v) is 31.6. The number of likely N-dealkylation sites (tertiary alicyclic amines) is 1. The number of hydrogen-bond acceptors (Lipinski definition) is 15. The van der Waals surface area contributed by atoms with Crippen LogP contribution in [-0.2, 0) is 28.8 Å². The standard InChI is InChI=1S/C31H34BrN7O12S2/c1-4-39(13-40,19-6-5-7-37(19)24(44)14-8-16(32)22(42)18(41)9-14)10-15-11-52-27-21(25(45)38(27)26(15)50-30(48)49)35-23(43)20(17-12-53-29(33)34-17)36-51-31(2,3)28(46)47/h8-9,12-13,19,21,27H,4-7,10-11H2,1-3H3,(H6-,33,34,35,36,41,42,43,44,46,47,48,49)/p+1/t19-,21?,27+,39?/m1/s1. The summed E-state index contributed by atoms with van der Waals surface area (Å²) in [6.07, 6.45) is -0.837. The summed E-state index contributed by atoms with van der Waals surface area (Å²) in [6, 6.07) is 1.26. The van der Waals surface area contributed by atoms with Crippen LogP contribution in [0, 0.1) is 0 Å². The molecule has 53 heavy (non-hydrogen) atoms. The summed E-state index contributed by atoms with van der Waals surface area (Å²) < 4.78 is 4.88. The second-order valence-electron chi connectivity index (χ2n) is 12.7. The molecule has 4 heterocycles. The highest BCUT2D eigenvalue weighted by Crippen LogP contribution is 2.42. The maximum absolute atomic E-state index is 13.7. The first-order chi connectivity index (χ1) is 24.9. The molecule has 0 saturated carbocycles. The molecule has 19 nitrogen and oxygen atoms in total. The number of aromatic hydroxyl groups is 2. The van der Waals surface area contributed by atoms with Crippen molar-refractivity contribution in [3.8, 4) is 11.5 Å². The van der Waals surface area contributed by atoms with E-state index < -0.39 is 70.2 Å². The first kappa shape index (κ1) is 39.3. The Bertz CT molecular complexity index is 1910. The number of carboxylic acids is 1. The number of nitrogen functional groups attached to an aromatic ring is 1. The quantitative estimate of drug-likeness (QED) is 0.0320. The summed E-state index contributed by atoms with van der Waals surface area (Å²) in [4.78, 5) is 89.0. The van der Waals surface area contributed by atoms with Crippen LogP contribution in [0.5, 0.6) is 11.5 Å². The Balaban J connectivity index is 1.41. The summed E-state index contributed by atoms with van der Waals surface area (Å²) in [5.41, 5.74) is 3.74. The SMILES string of the molecule is CC[N+](C=O)(CC1=C(OC(=O)O)N2C(=O)C(NC(=O)/C(=N\OC(C)(C)C(=O)O)c3csc(N)n3)[C@@H]2SC1)[C@@H]1CCCN1C(=O)c1cc(O)c(O)c(Br)c1. The lowest BCUT2D eigenvalue weighted by molar-refractivity contribution is -0.874. The number of likely N-dealkylation sites (N-methyl/N-ethyl adjacent to an activating group) is 1. The lowest BCUT2D eigenvalue weighted by Gasteiger charge is -2.50. The van der Waals surface area contributed by atoms with Crippen molar-refractivity contribution in [3.05, 3.63) is 44.7 Å². The van der Waals surface area contributed by atoms with Gasteiger partial charge in [-0.1, -0.05) is 5.16 Å². The number of nitrogens with one attached hydrogen (secondary N) is 1. The second kappa shape index (κ2) is 15.2. The van der Waals surface area contributed by atoms with Gasteiger partial charge < -0.3 is 41.1 Å². The average molecular weight is 842 g/mol. The fourth-order valence-electron chi connectivity index (χ4n) is 6.09. The molecule has 0 radical (unpaired) electrons. The molecule has 2 fully saturated rings. The molecule has 0 aliphatic carbocycles. The van der Waals surface area contributed by atoms with Crippen LogP contribution >= 0.6 is 39.0 Å². The van der Waals surface area contributed by atoms with Crippen molar-refractivity contribution in [2.24, 2.45) is 5.16 Å². The van der Waals surface area contributed by atoms with Gasteiger partial charge in [-0.25, -0.2) is 23.9 Å². The van der Waals surface area contributed by atoms with E-state index in [1.165, 1.54) is 42.0 Å². The van der Waals surface area contributed by atoms with Crippen molar-refractivity contribution in [3.63, 3.8) is 0 Å². The number of anilines is 1. The van der Waals surface area contributed by atoms with Gasteiger partial charge in [0.1, 0.15) is 23.7 Å². The van der Waals surface area contributed by atoms with Crippen LogP contribution in [-0.4, -0.2) is 130 Å². The van der Waals surface area contributed by atoms with Gasteiger partial charge in [-0.2, -0.15) is 0 Å². The minimum atomic E-state index is -1.83. The van der Waals surface area contributed by atoms with Crippen molar-refractivity contribution < 1.29 is 63.3 Å². The molecule has 7 N–H and O–H groups in total. The van der Waals surface area contributed by atoms with E-state index in [1.54, 1.807) is 6.92 Å². The Hall–Kier alpha value is -4.93. The normalized spacial score (nSPS) is 21.3. The Morgan fingerprint density at radius 1 is 1.25 bits per heavy atom. The number of phenols is 2. The number of nitrogens with zero attached hydrogens (tertiary/aromatic N) is 5. The number of carbonyl (C=O) groups excluding carboxylic acids is 4. The lowest BCUT2D eigenvalue weighted by Crippen LogP contribution is -2.71. The highest BCUT2D eigenvalue weighted by molar-refractivity contribution is 9.10. The summed E-state index contributed by atoms with van der Waals surface area (Å²) in [5, 5.41) is 46.0. The molecule has 3 aliphatic rings. The molecule has 4 amide bonds. The first-order valence-corrected chi connectivity index (χ1v) is 18.6. The number of rotatable bonds is 13. The number of ether oxygens (including phenoxy) is 1. The van der Waals surface area contributed by atoms with Gasteiger partial charge in [0.05, 0.1) is 16.6 Å². The number of fused-ring (bicyclic) bond motifs is 1. The zero-order valence-electron chi connectivity index (χ0n) is 28.3. The van der Waals surface area contributed by atoms with Gasteiger partial charge in [-0.3, -0.25) is 24.2 Å². The number of phenolic OH excluding ortho intramolecular Hbond substituents is 2. The average Bonchev–Trinajstić information content (AvgIpc) is 3.78. The van der Waals surface area contributed by atoms with Gasteiger partial charge in [0.15, 0.2) is 28.5 Å². The van der Waals surface area contributed by atoms with Gasteiger partial charge in [-0.05, 0) is 55.3 Å². The van der Waals surface area contributed by atoms with Crippen LogP contribution < -0.4 is 11.1 Å². The third-order valence-corrected chi connectivity index (χ3v) is 11.6. The number of oxime groups is 1. The van der Waals surface area contributed by atoms with Gasteiger partial charge in [0.25, 0.3) is 17.7 Å². The molecule has 5 rings (SSSR count). The van der Waals surface area contributed by atoms with Gasteiger partial charge >= 0.3 is 18.5 Å². The number of aromatic nitrogens is 1. The van der Waals surface area contributed by atoms with Gasteiger partial charge in [-0.15, -0.1) is 23.1 Å². The third kappa shape index (κ3) is 7.61. The largest absolute Gasteiger partial charge is 0.512 e. The minimum Gasteiger partial charge on any atom is -0.504 e. The zero-order chi connectivity index (χ0) is 39.0. The van der Waals surface area contributed by atoms with Crippen LogP contribution in [0.1, 0.15) is 49.7 Å². The topological polar surface area (TPSA) is 272 Å². The van der Waals surface area contributed by atoms with E-state index in [2.05, 4.69) is 31.4 Å². The number of quaternary nitrogens is 1. The number of benzene rings is 1. The van der Waals surface area contributed by atoms with Crippen molar-refractivity contribution in [2.75, 3.05) is 31.1 Å². The molecule has 3 aliphatic heterocycles. The molecule has 2 aromatic rings. The number of hydrogen-bond donors (Lipinski definition) is 6. The minimum absolute atomic E-state index is 0.0416. The Kier molecular flexibility index (Phi) is 11.3. The Morgan fingerprint density at radius 2 is 1.96 bits per heavy atom. The highest BCUT2D eigenvalue weighted by Gasteiger charge is 2.56. The van der Waals surface area contributed by atoms with E-state index in [0.29, 0.717) is 19.3 Å². The predicted molar refractivity (Wildman–Crippen MR) is 190 cm³/mol. The van der Waals surface area contributed by atoms with E-state index >= 15 is 0 Å². The number of carbonyl (C=O) groups is 6. The van der Waals surface area contributed by atoms with Gasteiger partial charge in [0, 0.05) is 29.7 Å². The molecule has 1 aromatic carbocycles. The number of halogens is 1. The molecular formula is C31H35BrN7O12S2+. The van der Waals surface area contributed by atoms with E-state index in [-0.39, 0.29) is 62.2 Å². The highest BCUT2D eigenvalue weighted by atomic mass is 79.9. The number of nitrogens with two attached hydrogens (primary N) is 1. The van der Waals surface area contributed by atoms with E-state index in [9.17, 15) is 49.2 Å². The van der Waals surface area contributed by atoms with E-state index in [4.69, 9.17) is 15.3 Å². The molecule has 2 saturated heterocycles. The summed E-state index contributed by atoms with van der Waals surface area (Å²) in [6.45, 7) is 4.45. The number of thioether (sulfide) groups is 1. The molecule has 0 bridgehead atoms. The molecule has 4 atom stereocenters. The molecule has 284 valence electrons. The molecule has 22 heteroatoms. The maximum atomic E-state index is 13.7. The molecule has 2 unspecified atom stereocenters. The van der Waals surface area contributed by atoms with Crippen LogP contribution in [0.15, 0.2) is 38.6 Å². The fourth-order valence-corrected chi connectivity index (χ4v) is 8.40. The first-order valence-electron chi connectivity index (χ1n) is 15.9. The van der Waals surface area contributed by atoms with Gasteiger partial charge in [0.2, 0.25) is 11.5 Å². The number of thiazole rings is 1. The van der Waals surface area contributed by atoms with Crippen LogP contribution in [0.4, 0.5) is 9.93 Å². The van der Waals surface area contributed by atoms with E-state index in [1.807, 2.05) is 0 Å². The number of aliphatic carboxylic acids is 1. The number of amides is 4. The molecular weight excluding hydrogens is 806 g/mol. The molecule has 1 aromatic heterocycles. The second-order valence-corrected chi connectivity index (χ2v) is 15.5.